The van der Waals surface area contributed by atoms with E-state index in [0.717, 1.165) is 0 Å². The smallest absolute Gasteiger partial charge is 0.222 e. The molecule has 9 heteroatoms. The van der Waals surface area contributed by atoms with Gasteiger partial charge < -0.3 is 29.0 Å². The second kappa shape index (κ2) is 17.5. The molecule has 0 radical (unpaired) electrons. The van der Waals surface area contributed by atoms with Crippen LogP contribution in [0.1, 0.15) is 41.0 Å². The first-order valence-corrected chi connectivity index (χ1v) is 10.6. The van der Waals surface area contributed by atoms with Crippen LogP contribution < -0.4 is 5.32 Å². The zero-order chi connectivity index (χ0) is 22.8. The molecule has 0 bridgehead atoms. The number of carbonyl (C=O) groups excluding carboxylic acids is 2. The quantitative estimate of drug-likeness (QED) is 0.291. The van der Waals surface area contributed by atoms with Gasteiger partial charge in [-0.3, -0.25) is 9.59 Å². The molecule has 1 N–H and O–H groups in total. The number of amides is 1. The summed E-state index contributed by atoms with van der Waals surface area (Å²) in [6.07, 6.45) is -0.602. The molecule has 2 atom stereocenters. The van der Waals surface area contributed by atoms with E-state index in [9.17, 15) is 14.0 Å². The van der Waals surface area contributed by atoms with Gasteiger partial charge in [0, 0.05) is 5.92 Å². The zero-order valence-corrected chi connectivity index (χ0v) is 19.2. The SMILES string of the molecule is CCC(C)C(=O)NCC(F)C(C)(C)OCCOCCOCCOCCOCC(C)=O. The molecule has 2 unspecified atom stereocenters. The molecule has 0 aliphatic carbocycles. The Morgan fingerprint density at radius 2 is 1.37 bits per heavy atom. The highest BCUT2D eigenvalue weighted by Gasteiger charge is 2.31. The van der Waals surface area contributed by atoms with Crippen LogP contribution >= 0.6 is 0 Å². The van der Waals surface area contributed by atoms with Crippen molar-refractivity contribution in [2.24, 2.45) is 5.92 Å². The van der Waals surface area contributed by atoms with Crippen LogP contribution in [-0.4, -0.2) is 89.5 Å². The van der Waals surface area contributed by atoms with Crippen molar-refractivity contribution in [3.05, 3.63) is 0 Å². The summed E-state index contributed by atoms with van der Waals surface area (Å²) < 4.78 is 41.0. The van der Waals surface area contributed by atoms with Crippen molar-refractivity contribution < 1.29 is 37.7 Å². The Morgan fingerprint density at radius 1 is 0.900 bits per heavy atom. The maximum Gasteiger partial charge on any atom is 0.222 e. The van der Waals surface area contributed by atoms with Crippen LogP contribution in [-0.2, 0) is 33.3 Å². The summed E-state index contributed by atoms with van der Waals surface area (Å²) in [4.78, 5) is 22.4. The zero-order valence-electron chi connectivity index (χ0n) is 19.2. The third kappa shape index (κ3) is 15.7. The van der Waals surface area contributed by atoms with Gasteiger partial charge >= 0.3 is 0 Å². The number of carbonyl (C=O) groups is 2. The largest absolute Gasteiger partial charge is 0.377 e. The Morgan fingerprint density at radius 3 is 1.83 bits per heavy atom. The van der Waals surface area contributed by atoms with Crippen LogP contribution in [0.3, 0.4) is 0 Å². The number of halogens is 1. The summed E-state index contributed by atoms with van der Waals surface area (Å²) in [5, 5.41) is 2.62. The van der Waals surface area contributed by atoms with Gasteiger partial charge in [-0.1, -0.05) is 13.8 Å². The summed E-state index contributed by atoms with van der Waals surface area (Å²) in [7, 11) is 0. The summed E-state index contributed by atoms with van der Waals surface area (Å²) in [5.74, 6) is -0.288. The van der Waals surface area contributed by atoms with Gasteiger partial charge in [0.25, 0.3) is 0 Å². The second-order valence-corrected chi connectivity index (χ2v) is 7.57. The van der Waals surface area contributed by atoms with Crippen LogP contribution in [0.2, 0.25) is 0 Å². The van der Waals surface area contributed by atoms with Gasteiger partial charge in [0.15, 0.2) is 5.78 Å². The molecule has 0 saturated heterocycles. The van der Waals surface area contributed by atoms with E-state index in [1.807, 2.05) is 13.8 Å². The van der Waals surface area contributed by atoms with Gasteiger partial charge in [-0.15, -0.1) is 0 Å². The fourth-order valence-corrected chi connectivity index (χ4v) is 2.13. The van der Waals surface area contributed by atoms with Crippen LogP contribution in [0.25, 0.3) is 0 Å². The van der Waals surface area contributed by atoms with Crippen molar-refractivity contribution >= 4 is 11.7 Å². The first-order chi connectivity index (χ1) is 14.2. The van der Waals surface area contributed by atoms with E-state index in [1.165, 1.54) is 6.92 Å². The van der Waals surface area contributed by atoms with Crippen molar-refractivity contribution in [2.45, 2.75) is 52.8 Å². The normalized spacial score (nSPS) is 13.8. The van der Waals surface area contributed by atoms with Gasteiger partial charge in [0.2, 0.25) is 5.91 Å². The molecular weight excluding hydrogens is 397 g/mol. The van der Waals surface area contributed by atoms with Crippen LogP contribution in [0.4, 0.5) is 4.39 Å². The van der Waals surface area contributed by atoms with Crippen molar-refractivity contribution in [3.63, 3.8) is 0 Å². The minimum Gasteiger partial charge on any atom is -0.377 e. The van der Waals surface area contributed by atoms with Crippen LogP contribution in [0, 0.1) is 5.92 Å². The van der Waals surface area contributed by atoms with Gasteiger partial charge in [0.1, 0.15) is 12.8 Å². The molecule has 8 nitrogen and oxygen atoms in total. The molecule has 0 aromatic carbocycles. The molecule has 0 heterocycles. The fraction of sp³-hybridized carbons (Fsp3) is 0.905. The molecule has 178 valence electrons. The Labute approximate surface area is 180 Å². The Kier molecular flexibility index (Phi) is 16.9. The number of Topliss-reactive ketones (excluding diaryl/α,β-unsaturated/α-hetero) is 1. The predicted octanol–water partition coefficient (Wildman–Crippen LogP) is 1.94. The van der Waals surface area contributed by atoms with E-state index in [1.54, 1.807) is 13.8 Å². The molecule has 1 amide bonds. The highest BCUT2D eigenvalue weighted by Crippen LogP contribution is 2.17. The van der Waals surface area contributed by atoms with Gasteiger partial charge in [0.05, 0.1) is 65.0 Å². The number of alkyl halides is 1. The number of nitrogens with one attached hydrogen (secondary N) is 1. The van der Waals surface area contributed by atoms with Crippen LogP contribution in [0.5, 0.6) is 0 Å². The third-order valence-electron chi connectivity index (χ3n) is 4.39. The first kappa shape index (κ1) is 28.9. The lowest BCUT2D eigenvalue weighted by atomic mass is 10.0. The first-order valence-electron chi connectivity index (χ1n) is 10.6. The third-order valence-corrected chi connectivity index (χ3v) is 4.39. The number of hydrogen-bond donors (Lipinski definition) is 1. The van der Waals surface area contributed by atoms with E-state index >= 15 is 0 Å². The van der Waals surface area contributed by atoms with Gasteiger partial charge in [-0.05, 0) is 27.2 Å². The van der Waals surface area contributed by atoms with Gasteiger partial charge in [-0.2, -0.15) is 0 Å². The summed E-state index contributed by atoms with van der Waals surface area (Å²) >= 11 is 0. The molecule has 0 spiro atoms. The Balaban J connectivity index is 3.57. The maximum atomic E-state index is 14.4. The van der Waals surface area contributed by atoms with Crippen molar-refractivity contribution in [1.29, 1.82) is 0 Å². The lowest BCUT2D eigenvalue weighted by Crippen LogP contribution is -2.45. The predicted molar refractivity (Wildman–Crippen MR) is 111 cm³/mol. The molecule has 0 aromatic heterocycles. The van der Waals surface area contributed by atoms with E-state index in [0.29, 0.717) is 52.7 Å². The van der Waals surface area contributed by atoms with E-state index in [-0.39, 0.29) is 37.4 Å². The molecule has 0 aromatic rings. The highest BCUT2D eigenvalue weighted by atomic mass is 19.1. The second-order valence-electron chi connectivity index (χ2n) is 7.57. The van der Waals surface area contributed by atoms with E-state index < -0.39 is 11.8 Å². The summed E-state index contributed by atoms with van der Waals surface area (Å²) in [6.45, 7) is 11.6. The number of ether oxygens (including phenoxy) is 5. The number of rotatable bonds is 20. The molecule has 0 saturated carbocycles. The molecule has 30 heavy (non-hydrogen) atoms. The fourth-order valence-electron chi connectivity index (χ4n) is 2.13. The Bertz CT molecular complexity index is 463. The lowest BCUT2D eigenvalue weighted by Gasteiger charge is -2.29. The van der Waals surface area contributed by atoms with Crippen molar-refractivity contribution in [1.82, 2.24) is 5.32 Å². The molecule has 0 fully saturated rings. The monoisotopic (exact) mass is 437 g/mol. The molecule has 0 aliphatic rings. The highest BCUT2D eigenvalue weighted by molar-refractivity contribution is 5.78. The van der Waals surface area contributed by atoms with Gasteiger partial charge in [-0.25, -0.2) is 4.39 Å². The van der Waals surface area contributed by atoms with Crippen molar-refractivity contribution in [3.8, 4) is 0 Å². The summed E-state index contributed by atoms with van der Waals surface area (Å²) in [6, 6.07) is 0. The lowest BCUT2D eigenvalue weighted by molar-refractivity contribution is -0.126. The molecular formula is C21H40FNO7. The number of hydrogen-bond acceptors (Lipinski definition) is 7. The molecule has 0 aliphatic heterocycles. The average molecular weight is 438 g/mol. The number of ketones is 1. The Hall–Kier alpha value is -1.13. The maximum absolute atomic E-state index is 14.4. The molecule has 0 rings (SSSR count). The van der Waals surface area contributed by atoms with E-state index in [2.05, 4.69) is 5.32 Å². The standard InChI is InChI=1S/C21H40FNO7/c1-6-17(2)20(25)23-15-19(22)21(4,5)30-14-13-28-10-9-26-7-8-27-11-12-29-16-18(3)24/h17,19H,6-16H2,1-5H3,(H,23,25). The minimum atomic E-state index is -1.32. The van der Waals surface area contributed by atoms with Crippen LogP contribution in [0.15, 0.2) is 0 Å². The average Bonchev–Trinajstić information content (AvgIpc) is 2.70. The van der Waals surface area contributed by atoms with Crippen molar-refractivity contribution in [2.75, 3.05) is 66.0 Å². The topological polar surface area (TPSA) is 92.3 Å². The summed E-state index contributed by atoms with van der Waals surface area (Å²) in [5.41, 5.74) is -1.02. The van der Waals surface area contributed by atoms with E-state index in [4.69, 9.17) is 23.7 Å². The minimum absolute atomic E-state index is 0.0117.